The third-order valence-electron chi connectivity index (χ3n) is 9.75. The van der Waals surface area contributed by atoms with E-state index in [-0.39, 0.29) is 0 Å². The molecule has 49 heavy (non-hydrogen) atoms. The second-order valence-corrected chi connectivity index (χ2v) is 12.4. The Morgan fingerprint density at radius 3 is 1.55 bits per heavy atom. The van der Waals surface area contributed by atoms with E-state index >= 15 is 0 Å². The zero-order chi connectivity index (χ0) is 32.6. The minimum Gasteiger partial charge on any atom is -0.456 e. The Bertz CT molecular complexity index is 3090. The molecule has 0 unspecified atom stereocenters. The van der Waals surface area contributed by atoms with Crippen molar-refractivity contribution in [1.29, 1.82) is 10.5 Å². The molecule has 0 bridgehead atoms. The Hall–Kier alpha value is -7.08. The van der Waals surface area contributed by atoms with Crippen LogP contribution in [0.1, 0.15) is 11.1 Å². The number of hydrogen-bond donors (Lipinski definition) is 0. The summed E-state index contributed by atoms with van der Waals surface area (Å²) in [6.45, 7) is 0. The summed E-state index contributed by atoms with van der Waals surface area (Å²) in [5.74, 6) is 0. The van der Waals surface area contributed by atoms with E-state index in [0.717, 1.165) is 88.1 Å². The maximum absolute atomic E-state index is 9.69. The van der Waals surface area contributed by atoms with E-state index in [2.05, 4.69) is 124 Å². The van der Waals surface area contributed by atoms with Crippen LogP contribution in [0, 0.1) is 22.7 Å². The maximum atomic E-state index is 9.69. The van der Waals surface area contributed by atoms with Crippen LogP contribution in [0.2, 0.25) is 0 Å². The summed E-state index contributed by atoms with van der Waals surface area (Å²) in [6, 6.07) is 54.4. The summed E-state index contributed by atoms with van der Waals surface area (Å²) in [5, 5.41) is 26.0. The Labute approximate surface area is 280 Å². The summed E-state index contributed by atoms with van der Waals surface area (Å²) in [7, 11) is 0. The number of furan rings is 1. The number of fused-ring (bicyclic) bond motifs is 9. The quantitative estimate of drug-likeness (QED) is 0.196. The van der Waals surface area contributed by atoms with Crippen molar-refractivity contribution in [2.45, 2.75) is 0 Å². The van der Waals surface area contributed by atoms with E-state index in [9.17, 15) is 10.5 Å². The van der Waals surface area contributed by atoms with Gasteiger partial charge in [-0.05, 0) is 90.0 Å². The molecule has 0 fully saturated rings. The van der Waals surface area contributed by atoms with Gasteiger partial charge in [0.25, 0.3) is 0 Å². The van der Waals surface area contributed by atoms with Gasteiger partial charge in [-0.2, -0.15) is 10.5 Å². The molecular formula is C44H24N4O. The van der Waals surface area contributed by atoms with Crippen molar-refractivity contribution in [3.63, 3.8) is 0 Å². The zero-order valence-corrected chi connectivity index (χ0v) is 26.1. The van der Waals surface area contributed by atoms with Crippen molar-refractivity contribution in [2.24, 2.45) is 0 Å². The molecule has 10 rings (SSSR count). The van der Waals surface area contributed by atoms with Crippen LogP contribution < -0.4 is 0 Å². The number of rotatable bonds is 3. The fourth-order valence-electron chi connectivity index (χ4n) is 7.55. The Kier molecular flexibility index (Phi) is 5.64. The first-order valence-electron chi connectivity index (χ1n) is 16.1. The molecule has 0 radical (unpaired) electrons. The van der Waals surface area contributed by atoms with Gasteiger partial charge in [0.2, 0.25) is 0 Å². The molecule has 0 amide bonds. The lowest BCUT2D eigenvalue weighted by molar-refractivity contribution is 0.669. The predicted molar refractivity (Wildman–Crippen MR) is 197 cm³/mol. The van der Waals surface area contributed by atoms with E-state index < -0.39 is 0 Å². The van der Waals surface area contributed by atoms with Crippen LogP contribution >= 0.6 is 0 Å². The molecule has 3 heterocycles. The summed E-state index contributed by atoms with van der Waals surface area (Å²) in [6.07, 6.45) is 0. The molecule has 3 aromatic heterocycles. The summed E-state index contributed by atoms with van der Waals surface area (Å²) < 4.78 is 10.8. The van der Waals surface area contributed by atoms with Crippen molar-refractivity contribution < 1.29 is 4.42 Å². The number of nitrogens with zero attached hydrogens (tertiary/aromatic N) is 4. The SMILES string of the molecule is N#Cc1ccc2c3ccccc3n(-c3cccc(-c4ccc5oc6ccc(-n7c8ccccc8c8ccc(C#N)cc87)cc6c5c4)c3)c2c1. The van der Waals surface area contributed by atoms with E-state index in [1.165, 1.54) is 0 Å². The maximum Gasteiger partial charge on any atom is 0.135 e. The van der Waals surface area contributed by atoms with Gasteiger partial charge in [0.1, 0.15) is 11.2 Å². The van der Waals surface area contributed by atoms with Crippen LogP contribution in [0.25, 0.3) is 88.1 Å². The smallest absolute Gasteiger partial charge is 0.135 e. The van der Waals surface area contributed by atoms with Gasteiger partial charge in [0.05, 0.1) is 45.3 Å². The molecule has 0 N–H and O–H groups in total. The second-order valence-electron chi connectivity index (χ2n) is 12.4. The van der Waals surface area contributed by atoms with Gasteiger partial charge >= 0.3 is 0 Å². The van der Waals surface area contributed by atoms with Crippen LogP contribution in [-0.2, 0) is 0 Å². The third kappa shape index (κ3) is 3.97. The molecule has 226 valence electrons. The molecule has 0 aliphatic heterocycles. The van der Waals surface area contributed by atoms with Gasteiger partial charge in [0.15, 0.2) is 0 Å². The van der Waals surface area contributed by atoms with Crippen molar-refractivity contribution in [3.05, 3.63) is 157 Å². The van der Waals surface area contributed by atoms with Crippen LogP contribution in [-0.4, -0.2) is 9.13 Å². The standard InChI is InChI=1S/C44H24N4O/c45-25-27-12-16-35-33-8-1-3-10-39(33)47(41(35)20-27)31-7-5-6-29(22-31)30-14-18-43-37(23-30)38-24-32(15-19-44(38)49-43)48-40-11-4-2-9-34(40)36-17-13-28(26-46)21-42(36)48/h1-24H. The fourth-order valence-corrected chi connectivity index (χ4v) is 7.55. The van der Waals surface area contributed by atoms with E-state index in [1.807, 2.05) is 42.5 Å². The Morgan fingerprint density at radius 2 is 0.918 bits per heavy atom. The van der Waals surface area contributed by atoms with Crippen molar-refractivity contribution >= 4 is 65.6 Å². The number of benzene rings is 7. The van der Waals surface area contributed by atoms with Gasteiger partial charge in [-0.1, -0.05) is 66.7 Å². The van der Waals surface area contributed by atoms with Gasteiger partial charge < -0.3 is 13.6 Å². The van der Waals surface area contributed by atoms with Crippen LogP contribution in [0.4, 0.5) is 0 Å². The number of para-hydroxylation sites is 2. The second kappa shape index (κ2) is 10.2. The van der Waals surface area contributed by atoms with Crippen LogP contribution in [0.5, 0.6) is 0 Å². The molecule has 5 nitrogen and oxygen atoms in total. The molecule has 10 aromatic rings. The van der Waals surface area contributed by atoms with Gasteiger partial charge in [-0.15, -0.1) is 0 Å². The average Bonchev–Trinajstić information content (AvgIpc) is 3.81. The lowest BCUT2D eigenvalue weighted by Gasteiger charge is -2.11. The summed E-state index contributed by atoms with van der Waals surface area (Å²) >= 11 is 0. The summed E-state index contributed by atoms with van der Waals surface area (Å²) in [4.78, 5) is 0. The summed E-state index contributed by atoms with van der Waals surface area (Å²) in [5.41, 5.74) is 11.3. The van der Waals surface area contributed by atoms with Crippen LogP contribution in [0.15, 0.2) is 150 Å². The van der Waals surface area contributed by atoms with Gasteiger partial charge in [-0.3, -0.25) is 0 Å². The molecule has 0 atom stereocenters. The molecular weight excluding hydrogens is 601 g/mol. The average molecular weight is 625 g/mol. The largest absolute Gasteiger partial charge is 0.456 e. The van der Waals surface area contributed by atoms with Crippen LogP contribution in [0.3, 0.4) is 0 Å². The van der Waals surface area contributed by atoms with E-state index in [0.29, 0.717) is 11.1 Å². The minimum absolute atomic E-state index is 0.629. The molecule has 0 aliphatic rings. The Balaban J connectivity index is 1.15. The number of nitriles is 2. The third-order valence-corrected chi connectivity index (χ3v) is 9.75. The molecule has 0 aliphatic carbocycles. The fraction of sp³-hybridized carbons (Fsp3) is 0. The molecule has 0 saturated heterocycles. The van der Waals surface area contributed by atoms with Gasteiger partial charge in [0, 0.05) is 43.7 Å². The lowest BCUT2D eigenvalue weighted by Crippen LogP contribution is -1.94. The first kappa shape index (κ1) is 27.1. The predicted octanol–water partition coefficient (Wildman–Crippen LogP) is 11.2. The normalized spacial score (nSPS) is 11.6. The highest BCUT2D eigenvalue weighted by Gasteiger charge is 2.17. The highest BCUT2D eigenvalue weighted by Crippen LogP contribution is 2.38. The van der Waals surface area contributed by atoms with Crippen molar-refractivity contribution in [1.82, 2.24) is 9.13 Å². The lowest BCUT2D eigenvalue weighted by atomic mass is 10.0. The topological polar surface area (TPSA) is 70.6 Å². The number of hydrogen-bond acceptors (Lipinski definition) is 3. The highest BCUT2D eigenvalue weighted by atomic mass is 16.3. The van der Waals surface area contributed by atoms with Crippen molar-refractivity contribution in [3.8, 4) is 34.6 Å². The monoisotopic (exact) mass is 624 g/mol. The van der Waals surface area contributed by atoms with Crippen molar-refractivity contribution in [2.75, 3.05) is 0 Å². The molecule has 7 aromatic carbocycles. The Morgan fingerprint density at radius 1 is 0.388 bits per heavy atom. The zero-order valence-electron chi connectivity index (χ0n) is 26.1. The minimum atomic E-state index is 0.629. The highest BCUT2D eigenvalue weighted by molar-refractivity contribution is 6.12. The van der Waals surface area contributed by atoms with Gasteiger partial charge in [-0.25, -0.2) is 0 Å². The first-order valence-corrected chi connectivity index (χ1v) is 16.1. The molecule has 0 spiro atoms. The first-order chi connectivity index (χ1) is 24.2. The van der Waals surface area contributed by atoms with E-state index in [4.69, 9.17) is 4.42 Å². The van der Waals surface area contributed by atoms with E-state index in [1.54, 1.807) is 0 Å². The molecule has 0 saturated carbocycles. The number of aromatic nitrogens is 2. The molecule has 5 heteroatoms.